The van der Waals surface area contributed by atoms with E-state index in [1.165, 1.54) is 32.2 Å². The lowest BCUT2D eigenvalue weighted by molar-refractivity contribution is -0.128. The number of carboxylic acid groups (broad SMARTS) is 1. The molecule has 2 amide bonds. The monoisotopic (exact) mass is 518 g/mol. The molecule has 184 valence electrons. The van der Waals surface area contributed by atoms with Gasteiger partial charge in [-0.25, -0.2) is 14.8 Å². The van der Waals surface area contributed by atoms with Crippen LogP contribution in [0.3, 0.4) is 0 Å². The van der Waals surface area contributed by atoms with Crippen molar-refractivity contribution in [3.63, 3.8) is 0 Å². The molecule has 0 fully saturated rings. The van der Waals surface area contributed by atoms with Gasteiger partial charge in [0, 0.05) is 11.6 Å². The second-order valence-corrected chi connectivity index (χ2v) is 9.99. The maximum Gasteiger partial charge on any atom is 0.347 e. The molecule has 35 heavy (non-hydrogen) atoms. The molecule has 3 rings (SSSR count). The summed E-state index contributed by atoms with van der Waals surface area (Å²) >= 11 is 1.84. The van der Waals surface area contributed by atoms with Crippen LogP contribution < -0.4 is 20.1 Å². The van der Waals surface area contributed by atoms with Gasteiger partial charge in [-0.05, 0) is 39.8 Å². The number of nitrogens with one attached hydrogen (secondary N) is 2. The first-order valence-electron chi connectivity index (χ1n) is 10.2. The van der Waals surface area contributed by atoms with Crippen molar-refractivity contribution >= 4 is 57.0 Å². The Morgan fingerprint density at radius 3 is 2.29 bits per heavy atom. The number of aromatic carboxylic acids is 1. The van der Waals surface area contributed by atoms with E-state index < -0.39 is 23.4 Å². The number of rotatable bonds is 10. The van der Waals surface area contributed by atoms with Gasteiger partial charge < -0.3 is 14.6 Å². The molecule has 0 saturated heterocycles. The molecule has 0 radical (unpaired) electrons. The van der Waals surface area contributed by atoms with Gasteiger partial charge in [0.15, 0.2) is 22.2 Å². The normalized spacial score (nSPS) is 11.1. The highest BCUT2D eigenvalue weighted by Crippen LogP contribution is 2.29. The predicted octanol–water partition coefficient (Wildman–Crippen LogP) is 3.95. The minimum atomic E-state index is -1.39. The Hall–Kier alpha value is -3.84. The van der Waals surface area contributed by atoms with Crippen molar-refractivity contribution in [2.45, 2.75) is 39.4 Å². The van der Waals surface area contributed by atoms with Crippen molar-refractivity contribution in [3.8, 4) is 11.5 Å². The Kier molecular flexibility index (Phi) is 7.82. The Morgan fingerprint density at radius 2 is 1.69 bits per heavy atom. The molecule has 3 N–H and O–H groups in total. The van der Waals surface area contributed by atoms with Crippen LogP contribution in [0, 0.1) is 0 Å². The number of benzene rings is 1. The van der Waals surface area contributed by atoms with E-state index in [-0.39, 0.29) is 32.6 Å². The number of hydrogen-bond acceptors (Lipinski definition) is 10. The third-order valence-corrected chi connectivity index (χ3v) is 5.97. The highest BCUT2D eigenvalue weighted by Gasteiger charge is 2.31. The summed E-state index contributed by atoms with van der Waals surface area (Å²) in [5.74, 6) is -1.71. The SMILES string of the molecule is CC(C)Oc1cc(OC(C)(C)C(=O)Nc2ncc(C=O)s2)cc(C(=O)Nc2ncc(C(=O)O)s2)c1. The van der Waals surface area contributed by atoms with Crippen LogP contribution in [0.5, 0.6) is 11.5 Å². The molecule has 0 aliphatic carbocycles. The first kappa shape index (κ1) is 25.8. The lowest BCUT2D eigenvalue weighted by atomic mass is 10.1. The molecule has 0 saturated carbocycles. The number of ether oxygens (including phenoxy) is 2. The first-order valence-corrected chi connectivity index (χ1v) is 11.8. The molecular weight excluding hydrogens is 496 g/mol. The van der Waals surface area contributed by atoms with Gasteiger partial charge in [-0.3, -0.25) is 25.0 Å². The molecular formula is C22H22N4O7S2. The fourth-order valence-electron chi connectivity index (χ4n) is 2.69. The van der Waals surface area contributed by atoms with Crippen molar-refractivity contribution < 1.29 is 33.8 Å². The summed E-state index contributed by atoms with van der Waals surface area (Å²) in [6.45, 7) is 6.70. The summed E-state index contributed by atoms with van der Waals surface area (Å²) < 4.78 is 11.6. The topological polar surface area (TPSA) is 157 Å². The van der Waals surface area contributed by atoms with E-state index >= 15 is 0 Å². The van der Waals surface area contributed by atoms with E-state index in [9.17, 15) is 19.2 Å². The Morgan fingerprint density at radius 1 is 1.03 bits per heavy atom. The molecule has 0 aliphatic heterocycles. The number of hydrogen-bond donors (Lipinski definition) is 3. The van der Waals surface area contributed by atoms with Crippen LogP contribution in [0.4, 0.5) is 10.3 Å². The van der Waals surface area contributed by atoms with Crippen LogP contribution in [0.2, 0.25) is 0 Å². The molecule has 13 heteroatoms. The fraction of sp³-hybridized carbons (Fsp3) is 0.273. The molecule has 3 aromatic rings. The van der Waals surface area contributed by atoms with Crippen LogP contribution in [0.1, 0.15) is 57.4 Å². The third kappa shape index (κ3) is 6.83. The molecule has 0 spiro atoms. The minimum absolute atomic E-state index is 0.0190. The van der Waals surface area contributed by atoms with Crippen molar-refractivity contribution in [2.24, 2.45) is 0 Å². The molecule has 2 heterocycles. The largest absolute Gasteiger partial charge is 0.491 e. The van der Waals surface area contributed by atoms with Crippen LogP contribution in [0.25, 0.3) is 0 Å². The predicted molar refractivity (Wildman–Crippen MR) is 130 cm³/mol. The van der Waals surface area contributed by atoms with E-state index in [1.54, 1.807) is 6.07 Å². The molecule has 11 nitrogen and oxygen atoms in total. The summed E-state index contributed by atoms with van der Waals surface area (Å²) in [6, 6.07) is 4.47. The highest BCUT2D eigenvalue weighted by atomic mass is 32.1. The number of aromatic nitrogens is 2. The summed E-state index contributed by atoms with van der Waals surface area (Å²) in [5.41, 5.74) is -1.24. The van der Waals surface area contributed by atoms with Crippen molar-refractivity contribution in [3.05, 3.63) is 45.9 Å². The standard InChI is InChI=1S/C22H22N4O7S2/c1-11(2)32-13-5-12(17(28)25-20-24-9-16(35-20)18(29)30)6-14(7-13)33-22(3,4)19(31)26-21-23-8-15(10-27)34-21/h5-11H,1-4H3,(H,29,30)(H,23,26,31)(H,24,25,28). The highest BCUT2D eigenvalue weighted by molar-refractivity contribution is 7.17. The van der Waals surface area contributed by atoms with Gasteiger partial charge in [0.25, 0.3) is 11.8 Å². The van der Waals surface area contributed by atoms with Crippen LogP contribution in [-0.2, 0) is 4.79 Å². The van der Waals surface area contributed by atoms with Gasteiger partial charge >= 0.3 is 5.97 Å². The first-order chi connectivity index (χ1) is 16.5. The summed E-state index contributed by atoms with van der Waals surface area (Å²) in [5, 5.41) is 14.5. The Labute approximate surface area is 208 Å². The molecule has 0 aliphatic rings. The summed E-state index contributed by atoms with van der Waals surface area (Å²) in [7, 11) is 0. The maximum atomic E-state index is 12.8. The van der Waals surface area contributed by atoms with Crippen molar-refractivity contribution in [1.82, 2.24) is 9.97 Å². The molecule has 0 bridgehead atoms. The number of anilines is 2. The van der Waals surface area contributed by atoms with E-state index in [4.69, 9.17) is 14.6 Å². The van der Waals surface area contributed by atoms with Crippen LogP contribution in [0.15, 0.2) is 30.6 Å². The number of amides is 2. The van der Waals surface area contributed by atoms with Crippen molar-refractivity contribution in [2.75, 3.05) is 10.6 Å². The van der Waals surface area contributed by atoms with E-state index in [1.807, 2.05) is 13.8 Å². The number of thiazole rings is 2. The van der Waals surface area contributed by atoms with E-state index in [0.717, 1.165) is 28.9 Å². The molecule has 2 aromatic heterocycles. The van der Waals surface area contributed by atoms with E-state index in [0.29, 0.717) is 16.9 Å². The number of carboxylic acids is 1. The van der Waals surface area contributed by atoms with Gasteiger partial charge in [-0.2, -0.15) is 0 Å². The van der Waals surface area contributed by atoms with Gasteiger partial charge in [0.1, 0.15) is 16.4 Å². The minimum Gasteiger partial charge on any atom is -0.491 e. The quantitative estimate of drug-likeness (QED) is 0.338. The average molecular weight is 519 g/mol. The van der Waals surface area contributed by atoms with Gasteiger partial charge in [0.05, 0.1) is 23.4 Å². The van der Waals surface area contributed by atoms with Crippen LogP contribution in [-0.4, -0.2) is 50.8 Å². The van der Waals surface area contributed by atoms with E-state index in [2.05, 4.69) is 20.6 Å². The van der Waals surface area contributed by atoms with Crippen molar-refractivity contribution in [1.29, 1.82) is 0 Å². The Balaban J connectivity index is 1.82. The summed E-state index contributed by atoms with van der Waals surface area (Å²) in [6.07, 6.45) is 2.93. The zero-order valence-electron chi connectivity index (χ0n) is 19.1. The zero-order chi connectivity index (χ0) is 25.8. The van der Waals surface area contributed by atoms with Crippen LogP contribution >= 0.6 is 22.7 Å². The Bertz CT molecular complexity index is 1270. The number of carbonyl (C=O) groups is 4. The fourth-order valence-corrected chi connectivity index (χ4v) is 3.97. The van der Waals surface area contributed by atoms with Gasteiger partial charge in [-0.15, -0.1) is 0 Å². The number of carbonyl (C=O) groups excluding carboxylic acids is 3. The summed E-state index contributed by atoms with van der Waals surface area (Å²) in [4.78, 5) is 55.7. The average Bonchev–Trinajstić information content (AvgIpc) is 3.42. The number of nitrogens with zero attached hydrogens (tertiary/aromatic N) is 2. The molecule has 1 aromatic carbocycles. The molecule has 0 atom stereocenters. The second-order valence-electron chi connectivity index (χ2n) is 7.90. The molecule has 0 unspecified atom stereocenters. The zero-order valence-corrected chi connectivity index (χ0v) is 20.8. The van der Waals surface area contributed by atoms with Gasteiger partial charge in [0.2, 0.25) is 0 Å². The maximum absolute atomic E-state index is 12.8. The van der Waals surface area contributed by atoms with Gasteiger partial charge in [-0.1, -0.05) is 22.7 Å². The lowest BCUT2D eigenvalue weighted by Gasteiger charge is -2.25. The number of aldehydes is 1. The third-order valence-electron chi connectivity index (χ3n) is 4.23. The second kappa shape index (κ2) is 10.6. The lowest BCUT2D eigenvalue weighted by Crippen LogP contribution is -2.42. The smallest absolute Gasteiger partial charge is 0.347 e.